The molecule has 0 aliphatic carbocycles. The summed E-state index contributed by atoms with van der Waals surface area (Å²) in [5.74, 6) is 0.0160. The fraction of sp³-hybridized carbons (Fsp3) is 0.429. The Hall–Kier alpha value is -1.32. The lowest BCUT2D eigenvalue weighted by molar-refractivity contribution is -0.120. The van der Waals surface area contributed by atoms with Gasteiger partial charge in [0.2, 0.25) is 5.91 Å². The zero-order chi connectivity index (χ0) is 8.10. The number of nitrogens with zero attached hydrogens (tertiary/aromatic N) is 2. The molecule has 0 fully saturated rings. The maximum absolute atomic E-state index is 10.9. The number of hydrogen-bond donors (Lipinski definition) is 1. The lowest BCUT2D eigenvalue weighted by Gasteiger charge is -1.99. The van der Waals surface area contributed by atoms with Crippen molar-refractivity contribution in [1.29, 1.82) is 0 Å². The van der Waals surface area contributed by atoms with Crippen LogP contribution in [0.25, 0.3) is 0 Å². The summed E-state index contributed by atoms with van der Waals surface area (Å²) >= 11 is 0. The molecular formula is C7H10N3O. The van der Waals surface area contributed by atoms with Gasteiger partial charge in [-0.05, 0) is 6.42 Å². The third-order valence-electron chi connectivity index (χ3n) is 1.22. The molecule has 0 aromatic carbocycles. The molecule has 0 spiro atoms. The van der Waals surface area contributed by atoms with E-state index in [0.717, 1.165) is 6.42 Å². The van der Waals surface area contributed by atoms with Gasteiger partial charge in [-0.1, -0.05) is 6.92 Å². The molecule has 0 bridgehead atoms. The SMILES string of the molecule is CCCC(=O)NC1=C[N]N=C1. The molecule has 0 atom stereocenters. The lowest BCUT2D eigenvalue weighted by atomic mass is 10.3. The minimum absolute atomic E-state index is 0.0160. The average molecular weight is 152 g/mol. The van der Waals surface area contributed by atoms with Crippen molar-refractivity contribution in [2.24, 2.45) is 5.10 Å². The second-order valence-corrected chi connectivity index (χ2v) is 2.24. The van der Waals surface area contributed by atoms with E-state index in [4.69, 9.17) is 0 Å². The Morgan fingerprint density at radius 1 is 1.73 bits per heavy atom. The molecule has 1 radical (unpaired) electrons. The van der Waals surface area contributed by atoms with Crippen LogP contribution in [0.5, 0.6) is 0 Å². The predicted octanol–water partition coefficient (Wildman–Crippen LogP) is 0.348. The van der Waals surface area contributed by atoms with Gasteiger partial charge in [-0.25, -0.2) is 0 Å². The van der Waals surface area contributed by atoms with Crippen molar-refractivity contribution in [3.8, 4) is 0 Å². The van der Waals surface area contributed by atoms with Gasteiger partial charge in [0.05, 0.1) is 18.1 Å². The van der Waals surface area contributed by atoms with Crippen molar-refractivity contribution in [1.82, 2.24) is 10.7 Å². The van der Waals surface area contributed by atoms with Gasteiger partial charge < -0.3 is 5.32 Å². The van der Waals surface area contributed by atoms with E-state index in [0.29, 0.717) is 12.1 Å². The van der Waals surface area contributed by atoms with E-state index in [-0.39, 0.29) is 5.91 Å². The largest absolute Gasteiger partial charge is 0.323 e. The molecular weight excluding hydrogens is 142 g/mol. The van der Waals surface area contributed by atoms with E-state index < -0.39 is 0 Å². The van der Waals surface area contributed by atoms with Gasteiger partial charge in [0.1, 0.15) is 0 Å². The van der Waals surface area contributed by atoms with Crippen LogP contribution in [0.1, 0.15) is 19.8 Å². The Bertz CT molecular complexity index is 208. The van der Waals surface area contributed by atoms with Crippen molar-refractivity contribution in [2.75, 3.05) is 0 Å². The fourth-order valence-electron chi connectivity index (χ4n) is 0.740. The highest BCUT2D eigenvalue weighted by molar-refractivity contribution is 5.88. The maximum atomic E-state index is 10.9. The Labute approximate surface area is 65.4 Å². The van der Waals surface area contributed by atoms with E-state index in [9.17, 15) is 4.79 Å². The monoisotopic (exact) mass is 152 g/mol. The van der Waals surface area contributed by atoms with Crippen LogP contribution >= 0.6 is 0 Å². The number of carbonyl (C=O) groups excluding carboxylic acids is 1. The summed E-state index contributed by atoms with van der Waals surface area (Å²) in [7, 11) is 0. The van der Waals surface area contributed by atoms with Crippen molar-refractivity contribution >= 4 is 12.1 Å². The number of rotatable bonds is 3. The summed E-state index contributed by atoms with van der Waals surface area (Å²) in [6.45, 7) is 1.96. The quantitative estimate of drug-likeness (QED) is 0.623. The highest BCUT2D eigenvalue weighted by Gasteiger charge is 2.03. The van der Waals surface area contributed by atoms with Crippen molar-refractivity contribution < 1.29 is 4.79 Å². The van der Waals surface area contributed by atoms with Gasteiger partial charge in [0.15, 0.2) is 0 Å². The summed E-state index contributed by atoms with van der Waals surface area (Å²) < 4.78 is 0. The highest BCUT2D eigenvalue weighted by Crippen LogP contribution is 1.93. The minimum atomic E-state index is 0.0160. The summed E-state index contributed by atoms with van der Waals surface area (Å²) in [4.78, 5) is 10.9. The van der Waals surface area contributed by atoms with Crippen LogP contribution in [0, 0.1) is 0 Å². The first kappa shape index (κ1) is 7.78. The van der Waals surface area contributed by atoms with Gasteiger partial charge >= 0.3 is 0 Å². The molecule has 1 N–H and O–H groups in total. The first-order valence-electron chi connectivity index (χ1n) is 3.56. The van der Waals surface area contributed by atoms with Crippen LogP contribution in [0.15, 0.2) is 17.0 Å². The van der Waals surface area contributed by atoms with Gasteiger partial charge in [0.25, 0.3) is 0 Å². The first-order chi connectivity index (χ1) is 5.33. The zero-order valence-corrected chi connectivity index (χ0v) is 6.37. The zero-order valence-electron chi connectivity index (χ0n) is 6.37. The lowest BCUT2D eigenvalue weighted by Crippen LogP contribution is -2.22. The Kier molecular flexibility index (Phi) is 2.66. The second-order valence-electron chi connectivity index (χ2n) is 2.24. The van der Waals surface area contributed by atoms with Crippen LogP contribution in [0.4, 0.5) is 0 Å². The third kappa shape index (κ3) is 2.41. The van der Waals surface area contributed by atoms with E-state index in [2.05, 4.69) is 15.8 Å². The number of hydrogen-bond acceptors (Lipinski definition) is 2. The van der Waals surface area contributed by atoms with Crippen LogP contribution < -0.4 is 10.7 Å². The van der Waals surface area contributed by atoms with E-state index in [1.165, 1.54) is 12.4 Å². The summed E-state index contributed by atoms with van der Waals surface area (Å²) in [6, 6.07) is 0. The van der Waals surface area contributed by atoms with E-state index in [1.54, 1.807) is 0 Å². The molecule has 0 unspecified atom stereocenters. The van der Waals surface area contributed by atoms with Crippen LogP contribution in [-0.4, -0.2) is 12.1 Å². The first-order valence-corrected chi connectivity index (χ1v) is 3.56. The minimum Gasteiger partial charge on any atom is -0.323 e. The average Bonchev–Trinajstić information content (AvgIpc) is 2.40. The van der Waals surface area contributed by atoms with Gasteiger partial charge in [0, 0.05) is 6.42 Å². The molecule has 1 amide bonds. The molecule has 4 heteroatoms. The van der Waals surface area contributed by atoms with Gasteiger partial charge in [-0.3, -0.25) is 4.79 Å². The molecule has 1 aliphatic rings. The molecule has 0 aromatic rings. The molecule has 0 saturated heterocycles. The molecule has 11 heavy (non-hydrogen) atoms. The van der Waals surface area contributed by atoms with Gasteiger partial charge in [-0.15, -0.1) is 0 Å². The summed E-state index contributed by atoms with van der Waals surface area (Å²) in [5, 5.41) is 6.23. The molecule has 1 heterocycles. The highest BCUT2D eigenvalue weighted by atomic mass is 16.1. The van der Waals surface area contributed by atoms with Gasteiger partial charge in [-0.2, -0.15) is 10.5 Å². The fourth-order valence-corrected chi connectivity index (χ4v) is 0.740. The standard InChI is InChI=1S/C7H10N3O/c1-2-3-7(11)10-6-4-8-9-5-6/h4-5H,2-3H2,1H3,(H,10,11). The smallest absolute Gasteiger partial charge is 0.224 e. The molecule has 1 rings (SSSR count). The number of nitrogens with one attached hydrogen (secondary N) is 1. The maximum Gasteiger partial charge on any atom is 0.224 e. The Morgan fingerprint density at radius 3 is 3.09 bits per heavy atom. The summed E-state index contributed by atoms with van der Waals surface area (Å²) in [6.07, 6.45) is 4.44. The normalized spacial score (nSPS) is 14.1. The van der Waals surface area contributed by atoms with Crippen molar-refractivity contribution in [3.63, 3.8) is 0 Å². The van der Waals surface area contributed by atoms with E-state index >= 15 is 0 Å². The van der Waals surface area contributed by atoms with Crippen LogP contribution in [-0.2, 0) is 4.79 Å². The molecule has 1 aliphatic heterocycles. The van der Waals surface area contributed by atoms with Crippen LogP contribution in [0.2, 0.25) is 0 Å². The number of carbonyl (C=O) groups is 1. The Balaban J connectivity index is 2.30. The molecule has 0 aromatic heterocycles. The number of amides is 1. The van der Waals surface area contributed by atoms with Crippen molar-refractivity contribution in [3.05, 3.63) is 11.9 Å². The third-order valence-corrected chi connectivity index (χ3v) is 1.22. The van der Waals surface area contributed by atoms with Crippen molar-refractivity contribution in [2.45, 2.75) is 19.8 Å². The van der Waals surface area contributed by atoms with Crippen LogP contribution in [0.3, 0.4) is 0 Å². The van der Waals surface area contributed by atoms with E-state index in [1.807, 2.05) is 6.92 Å². The second kappa shape index (κ2) is 3.75. The summed E-state index contributed by atoms with van der Waals surface area (Å²) in [5.41, 5.74) is 4.24. The molecule has 59 valence electrons. The number of allylic oxidation sites excluding steroid dienone is 1. The molecule has 4 nitrogen and oxygen atoms in total. The topological polar surface area (TPSA) is 55.6 Å². The molecule has 0 saturated carbocycles. The Morgan fingerprint density at radius 2 is 2.55 bits per heavy atom. The predicted molar refractivity (Wildman–Crippen MR) is 41.8 cm³/mol.